The van der Waals surface area contributed by atoms with Gasteiger partial charge in [0.1, 0.15) is 12.4 Å². The van der Waals surface area contributed by atoms with Crippen LogP contribution in [0, 0.1) is 5.92 Å². The van der Waals surface area contributed by atoms with Crippen LogP contribution in [0.25, 0.3) is 0 Å². The molecule has 2 saturated heterocycles. The van der Waals surface area contributed by atoms with Crippen LogP contribution in [0.1, 0.15) is 16.8 Å². The number of rotatable bonds is 4. The van der Waals surface area contributed by atoms with Crippen LogP contribution in [0.5, 0.6) is 5.75 Å². The number of ether oxygens (including phenoxy) is 1. The van der Waals surface area contributed by atoms with Crippen LogP contribution in [0.3, 0.4) is 0 Å². The number of amides is 1. The van der Waals surface area contributed by atoms with Crippen molar-refractivity contribution in [1.82, 2.24) is 10.2 Å². The second kappa shape index (κ2) is 5.97. The predicted octanol–water partition coefficient (Wildman–Crippen LogP) is 1.76. The summed E-state index contributed by atoms with van der Waals surface area (Å²) < 4.78 is 29.6. The second-order valence-electron chi connectivity index (χ2n) is 5.62. The molecule has 0 aromatic heterocycles. The summed E-state index contributed by atoms with van der Waals surface area (Å²) >= 11 is 0. The first-order chi connectivity index (χ1) is 10.1. The fourth-order valence-electron chi connectivity index (χ4n) is 3.09. The van der Waals surface area contributed by atoms with Crippen LogP contribution >= 0.6 is 0 Å². The summed E-state index contributed by atoms with van der Waals surface area (Å²) in [6, 6.07) is 6.94. The Hall–Kier alpha value is -1.69. The Morgan fingerprint density at radius 3 is 2.95 bits per heavy atom. The van der Waals surface area contributed by atoms with Gasteiger partial charge in [-0.05, 0) is 24.5 Å². The summed E-state index contributed by atoms with van der Waals surface area (Å²) in [5.74, 6) is 0.578. The predicted molar refractivity (Wildman–Crippen MR) is 73.7 cm³/mol. The third-order valence-electron chi connectivity index (χ3n) is 4.00. The number of hydrogen-bond acceptors (Lipinski definition) is 3. The Morgan fingerprint density at radius 1 is 1.38 bits per heavy atom. The van der Waals surface area contributed by atoms with E-state index in [1.165, 1.54) is 0 Å². The SMILES string of the molecule is O=C(c1ccccc1OCC(F)F)N1C[C@H]2CN[C@@H](C2)C1. The molecule has 0 aliphatic carbocycles. The molecule has 6 heteroatoms. The van der Waals surface area contributed by atoms with E-state index >= 15 is 0 Å². The van der Waals surface area contributed by atoms with Crippen LogP contribution in [0.2, 0.25) is 0 Å². The zero-order valence-corrected chi connectivity index (χ0v) is 11.6. The van der Waals surface area contributed by atoms with Gasteiger partial charge in [0.15, 0.2) is 0 Å². The number of para-hydroxylation sites is 1. The standard InChI is InChI=1S/C15H18F2N2O2/c16-14(17)9-21-13-4-2-1-3-12(13)15(20)19-7-10-5-11(8-19)18-6-10/h1-4,10-11,14,18H,5-9H2/t10-,11+/m1/s1. The Balaban J connectivity index is 1.75. The molecule has 1 N–H and O–H groups in total. The summed E-state index contributed by atoms with van der Waals surface area (Å²) in [5.41, 5.74) is 0.361. The number of nitrogens with zero attached hydrogens (tertiary/aromatic N) is 1. The maximum atomic E-state index is 12.6. The number of carbonyl (C=O) groups excluding carboxylic acids is 1. The second-order valence-corrected chi connectivity index (χ2v) is 5.62. The van der Waals surface area contributed by atoms with E-state index in [2.05, 4.69) is 5.32 Å². The largest absolute Gasteiger partial charge is 0.487 e. The smallest absolute Gasteiger partial charge is 0.272 e. The van der Waals surface area contributed by atoms with Gasteiger partial charge in [-0.25, -0.2) is 8.78 Å². The first-order valence-corrected chi connectivity index (χ1v) is 7.16. The maximum Gasteiger partial charge on any atom is 0.272 e. The topological polar surface area (TPSA) is 41.6 Å². The van der Waals surface area contributed by atoms with E-state index in [1.807, 2.05) is 0 Å². The van der Waals surface area contributed by atoms with E-state index < -0.39 is 13.0 Å². The Kier molecular flexibility index (Phi) is 4.05. The molecule has 0 radical (unpaired) electrons. The fraction of sp³-hybridized carbons (Fsp3) is 0.533. The van der Waals surface area contributed by atoms with E-state index in [1.54, 1.807) is 29.2 Å². The van der Waals surface area contributed by atoms with Crippen LogP contribution in [0.15, 0.2) is 24.3 Å². The van der Waals surface area contributed by atoms with Gasteiger partial charge in [0.05, 0.1) is 5.56 Å². The zero-order valence-electron chi connectivity index (χ0n) is 11.6. The first-order valence-electron chi connectivity index (χ1n) is 7.16. The van der Waals surface area contributed by atoms with Crippen molar-refractivity contribution in [3.8, 4) is 5.75 Å². The summed E-state index contributed by atoms with van der Waals surface area (Å²) in [5, 5.41) is 3.39. The van der Waals surface area contributed by atoms with Gasteiger partial charge < -0.3 is 15.0 Å². The van der Waals surface area contributed by atoms with E-state index in [4.69, 9.17) is 4.74 Å². The van der Waals surface area contributed by atoms with E-state index in [0.29, 0.717) is 30.6 Å². The number of nitrogens with one attached hydrogen (secondary N) is 1. The molecule has 21 heavy (non-hydrogen) atoms. The summed E-state index contributed by atoms with van der Waals surface area (Å²) in [4.78, 5) is 14.4. The zero-order chi connectivity index (χ0) is 14.8. The lowest BCUT2D eigenvalue weighted by molar-refractivity contribution is 0.0662. The molecule has 2 fully saturated rings. The Bertz CT molecular complexity index is 512. The van der Waals surface area contributed by atoms with Gasteiger partial charge >= 0.3 is 0 Å². The summed E-state index contributed by atoms with van der Waals surface area (Å²) in [6.45, 7) is 1.62. The Morgan fingerprint density at radius 2 is 2.19 bits per heavy atom. The molecule has 1 amide bonds. The average Bonchev–Trinajstić information content (AvgIpc) is 2.83. The van der Waals surface area contributed by atoms with Crippen molar-refractivity contribution < 1.29 is 18.3 Å². The highest BCUT2D eigenvalue weighted by Gasteiger charge is 2.35. The quantitative estimate of drug-likeness (QED) is 0.920. The van der Waals surface area contributed by atoms with Crippen molar-refractivity contribution >= 4 is 5.91 Å². The number of hydrogen-bond donors (Lipinski definition) is 1. The number of likely N-dealkylation sites (tertiary alicyclic amines) is 1. The summed E-state index contributed by atoms with van der Waals surface area (Å²) in [7, 11) is 0. The van der Waals surface area contributed by atoms with Gasteiger partial charge in [0.25, 0.3) is 12.3 Å². The van der Waals surface area contributed by atoms with Crippen molar-refractivity contribution in [2.75, 3.05) is 26.2 Å². The van der Waals surface area contributed by atoms with Crippen LogP contribution in [0.4, 0.5) is 8.78 Å². The van der Waals surface area contributed by atoms with Crippen molar-refractivity contribution in [1.29, 1.82) is 0 Å². The molecule has 2 heterocycles. The Labute approximate surface area is 122 Å². The number of benzene rings is 1. The van der Waals surface area contributed by atoms with Crippen LogP contribution in [-0.2, 0) is 0 Å². The number of piperidine rings is 1. The number of fused-ring (bicyclic) bond motifs is 2. The molecule has 0 unspecified atom stereocenters. The van der Waals surface area contributed by atoms with Crippen molar-refractivity contribution in [3.63, 3.8) is 0 Å². The fourth-order valence-corrected chi connectivity index (χ4v) is 3.09. The van der Waals surface area contributed by atoms with Crippen LogP contribution in [-0.4, -0.2) is 49.5 Å². The van der Waals surface area contributed by atoms with Gasteiger partial charge in [-0.15, -0.1) is 0 Å². The van der Waals surface area contributed by atoms with Gasteiger partial charge in [0, 0.05) is 25.7 Å². The van der Waals surface area contributed by atoms with E-state index in [9.17, 15) is 13.6 Å². The van der Waals surface area contributed by atoms with Crippen LogP contribution < -0.4 is 10.1 Å². The van der Waals surface area contributed by atoms with Gasteiger partial charge in [-0.3, -0.25) is 4.79 Å². The molecule has 2 aliphatic rings. The minimum Gasteiger partial charge on any atom is -0.487 e. The third kappa shape index (κ3) is 3.15. The molecular formula is C15H18F2N2O2. The molecule has 0 saturated carbocycles. The number of carbonyl (C=O) groups is 1. The molecule has 114 valence electrons. The average molecular weight is 296 g/mol. The lowest BCUT2D eigenvalue weighted by atomic mass is 9.99. The number of halogens is 2. The normalized spacial score (nSPS) is 24.4. The molecule has 2 bridgehead atoms. The highest BCUT2D eigenvalue weighted by Crippen LogP contribution is 2.26. The van der Waals surface area contributed by atoms with E-state index in [-0.39, 0.29) is 11.7 Å². The maximum absolute atomic E-state index is 12.6. The molecular weight excluding hydrogens is 278 g/mol. The monoisotopic (exact) mass is 296 g/mol. The number of alkyl halides is 2. The highest BCUT2D eigenvalue weighted by molar-refractivity contribution is 5.97. The van der Waals surface area contributed by atoms with Crippen molar-refractivity contribution in [2.24, 2.45) is 5.92 Å². The minimum atomic E-state index is -2.55. The van der Waals surface area contributed by atoms with Crippen molar-refractivity contribution in [3.05, 3.63) is 29.8 Å². The first kappa shape index (κ1) is 14.3. The molecule has 2 aliphatic heterocycles. The van der Waals surface area contributed by atoms with Gasteiger partial charge in [0.2, 0.25) is 0 Å². The van der Waals surface area contributed by atoms with Gasteiger partial charge in [-0.1, -0.05) is 12.1 Å². The molecule has 3 rings (SSSR count). The molecule has 2 atom stereocenters. The van der Waals surface area contributed by atoms with E-state index in [0.717, 1.165) is 13.0 Å². The molecule has 1 aromatic rings. The lowest BCUT2D eigenvalue weighted by Crippen LogP contribution is -2.44. The molecule has 1 aromatic carbocycles. The lowest BCUT2D eigenvalue weighted by Gasteiger charge is -2.31. The highest BCUT2D eigenvalue weighted by atomic mass is 19.3. The molecule has 4 nitrogen and oxygen atoms in total. The minimum absolute atomic E-state index is 0.140. The van der Waals surface area contributed by atoms with Crippen molar-refractivity contribution in [2.45, 2.75) is 18.9 Å². The summed E-state index contributed by atoms with van der Waals surface area (Å²) in [6.07, 6.45) is -1.45. The third-order valence-corrected chi connectivity index (χ3v) is 4.00. The van der Waals surface area contributed by atoms with Gasteiger partial charge in [-0.2, -0.15) is 0 Å². The molecule has 0 spiro atoms.